The van der Waals surface area contributed by atoms with E-state index >= 15 is 0 Å². The van der Waals surface area contributed by atoms with E-state index in [2.05, 4.69) is 9.69 Å². The third-order valence-corrected chi connectivity index (χ3v) is 19.3. The Bertz CT molecular complexity index is 3600. The molecule has 0 atom stereocenters. The zero-order chi connectivity index (χ0) is 66.3. The first kappa shape index (κ1) is 69.1. The van der Waals surface area contributed by atoms with Gasteiger partial charge in [-0.3, -0.25) is 20.0 Å². The molecule has 8 rings (SSSR count). The summed E-state index contributed by atoms with van der Waals surface area (Å²) < 4.78 is 161. The van der Waals surface area contributed by atoms with E-state index in [-0.39, 0.29) is 72.5 Å². The molecule has 476 valence electrons. The van der Waals surface area contributed by atoms with Crippen molar-refractivity contribution < 1.29 is 66.9 Å². The summed E-state index contributed by atoms with van der Waals surface area (Å²) in [6.45, 7) is 20.5. The minimum Gasteiger partial charge on any atom is -0.497 e. The fraction of sp³-hybridized carbons (Fsp3) is 0.323. The molecular formula is C62H63F6N9O9S4. The molecule has 0 spiro atoms. The summed E-state index contributed by atoms with van der Waals surface area (Å²) in [5, 5.41) is 8.64. The molecule has 2 fully saturated rings. The Hall–Kier alpha value is -8.38. The SMILES string of the molecule is [C-]#[N+]c1ccc(N2C(=N)C(C)(C)N(CCS(=O)(=O)N(Cc3ccc(OC)cc3)Cc3ccc(OC)cc3)C2=S)cc1C(F)(F)F.[C-]#[N+]c1ccc(N2C(=O)C(C)(C)N(CCS(=O)(=O)N(Cc3ccc(OC)cc3)Cc3ccc(OC)cc3)C2=S)cc1C(F)(F)F. The number of benzene rings is 6. The van der Waals surface area contributed by atoms with Crippen LogP contribution in [-0.4, -0.2) is 121 Å². The first-order valence-corrected chi connectivity index (χ1v) is 31.3. The smallest absolute Gasteiger partial charge is 0.407 e. The minimum atomic E-state index is -4.83. The number of rotatable bonds is 22. The molecule has 0 aliphatic carbocycles. The van der Waals surface area contributed by atoms with Crippen molar-refractivity contribution in [1.29, 1.82) is 5.41 Å². The molecule has 1 amide bonds. The number of amides is 1. The fourth-order valence-electron chi connectivity index (χ4n) is 9.80. The summed E-state index contributed by atoms with van der Waals surface area (Å²) in [7, 11) is -1.79. The van der Waals surface area contributed by atoms with Crippen molar-refractivity contribution in [3.63, 3.8) is 0 Å². The number of amidine groups is 1. The highest BCUT2D eigenvalue weighted by atomic mass is 32.2. The zero-order valence-corrected chi connectivity index (χ0v) is 53.3. The first-order chi connectivity index (χ1) is 42.2. The Balaban J connectivity index is 0.000000256. The van der Waals surface area contributed by atoms with Crippen LogP contribution in [0.5, 0.6) is 23.0 Å². The highest BCUT2D eigenvalue weighted by molar-refractivity contribution is 7.89. The predicted molar refractivity (Wildman–Crippen MR) is 338 cm³/mol. The Morgan fingerprint density at radius 2 is 0.789 bits per heavy atom. The largest absolute Gasteiger partial charge is 0.497 e. The molecule has 6 aromatic carbocycles. The van der Waals surface area contributed by atoms with Gasteiger partial charge in [-0.1, -0.05) is 60.7 Å². The number of hydrogen-bond acceptors (Lipinski definition) is 12. The number of halogens is 6. The molecule has 0 radical (unpaired) electrons. The number of nitrogens with one attached hydrogen (secondary N) is 1. The quantitative estimate of drug-likeness (QED) is 0.0386. The molecule has 0 saturated carbocycles. The van der Waals surface area contributed by atoms with Gasteiger partial charge in [0.25, 0.3) is 5.91 Å². The van der Waals surface area contributed by atoms with Crippen molar-refractivity contribution in [3.8, 4) is 23.0 Å². The van der Waals surface area contributed by atoms with Crippen molar-refractivity contribution in [2.75, 3.05) is 62.8 Å². The molecule has 2 saturated heterocycles. The van der Waals surface area contributed by atoms with Crippen LogP contribution < -0.4 is 28.7 Å². The van der Waals surface area contributed by atoms with E-state index in [9.17, 15) is 48.0 Å². The van der Waals surface area contributed by atoms with Gasteiger partial charge in [0.05, 0.1) is 69.8 Å². The Labute approximate surface area is 529 Å². The van der Waals surface area contributed by atoms with Crippen molar-refractivity contribution >= 4 is 89.2 Å². The van der Waals surface area contributed by atoms with Gasteiger partial charge in [0.2, 0.25) is 20.0 Å². The summed E-state index contributed by atoms with van der Waals surface area (Å²) in [6.07, 6.45) is -9.62. The highest BCUT2D eigenvalue weighted by Gasteiger charge is 2.51. The van der Waals surface area contributed by atoms with Gasteiger partial charge in [0.15, 0.2) is 21.6 Å². The van der Waals surface area contributed by atoms with Gasteiger partial charge in [0.1, 0.15) is 34.4 Å². The average molecular weight is 1320 g/mol. The normalized spacial score (nSPS) is 15.0. The number of nitrogens with zero attached hydrogens (tertiary/aromatic N) is 8. The van der Waals surface area contributed by atoms with E-state index in [1.54, 1.807) is 111 Å². The van der Waals surface area contributed by atoms with E-state index in [1.165, 1.54) is 77.7 Å². The molecule has 6 aromatic rings. The molecule has 0 bridgehead atoms. The topological polar surface area (TPSA) is 174 Å². The molecule has 0 aromatic heterocycles. The number of carbonyl (C=O) groups excluding carboxylic acids is 1. The molecule has 1 N–H and O–H groups in total. The van der Waals surface area contributed by atoms with Gasteiger partial charge < -0.3 is 28.7 Å². The second-order valence-electron chi connectivity index (χ2n) is 21.5. The van der Waals surface area contributed by atoms with Gasteiger partial charge in [-0.2, -0.15) is 35.0 Å². The Kier molecular flexibility index (Phi) is 21.3. The number of methoxy groups -OCH3 is 4. The van der Waals surface area contributed by atoms with Crippen LogP contribution in [-0.2, 0) is 63.4 Å². The number of ether oxygens (including phenoxy) is 4. The monoisotopic (exact) mass is 1320 g/mol. The third-order valence-electron chi connectivity index (χ3n) is 15.1. The molecular weight excluding hydrogens is 1260 g/mol. The molecule has 0 unspecified atom stereocenters. The Morgan fingerprint density at radius 3 is 1.08 bits per heavy atom. The lowest BCUT2D eigenvalue weighted by Gasteiger charge is -2.31. The van der Waals surface area contributed by atoms with Crippen LogP contribution in [0.4, 0.5) is 49.1 Å². The zero-order valence-electron chi connectivity index (χ0n) is 50.0. The minimum absolute atomic E-state index is 0.0132. The Morgan fingerprint density at radius 1 is 0.500 bits per heavy atom. The van der Waals surface area contributed by atoms with Crippen LogP contribution >= 0.6 is 24.4 Å². The maximum Gasteiger partial charge on any atom is 0.407 e. The second kappa shape index (κ2) is 27.8. The van der Waals surface area contributed by atoms with Gasteiger partial charge in [0, 0.05) is 50.6 Å². The molecule has 2 heterocycles. The van der Waals surface area contributed by atoms with Crippen LogP contribution in [0.1, 0.15) is 61.1 Å². The molecule has 90 heavy (non-hydrogen) atoms. The van der Waals surface area contributed by atoms with Crippen LogP contribution in [0.15, 0.2) is 133 Å². The fourth-order valence-corrected chi connectivity index (χ4v) is 13.6. The molecule has 2 aliphatic heterocycles. The van der Waals surface area contributed by atoms with E-state index in [4.69, 9.17) is 61.9 Å². The number of anilines is 2. The van der Waals surface area contributed by atoms with Crippen LogP contribution in [0.2, 0.25) is 0 Å². The third kappa shape index (κ3) is 15.6. The maximum absolute atomic E-state index is 13.9. The lowest BCUT2D eigenvalue weighted by Crippen LogP contribution is -2.47. The standard InChI is InChI=1S/C31H32F3N5O4S2.C31H31F3N4O5S2/c1-30(2)28(35)39(23-10-15-27(36-3)26(18-23)31(32,33)34)29(44)38(30)16-17-45(40,41)37(19-21-6-11-24(42-4)12-7-21)20-22-8-13-25(43-5)14-9-22;1-30(2)28(39)38(23-10-15-27(35-3)26(18-23)31(32,33)34)29(44)37(30)16-17-45(40,41)36(19-21-6-11-24(42-4)12-7-21)20-22-8-13-25(43-5)14-9-22/h6-15,18,35H,16-17,19-20H2,1-2,4-5H3;6-15,18H,16-17,19-20H2,1-2,4-5H3. The van der Waals surface area contributed by atoms with Gasteiger partial charge in [-0.05, 0) is 147 Å². The number of alkyl halides is 6. The summed E-state index contributed by atoms with van der Waals surface area (Å²) >= 11 is 11.2. The van der Waals surface area contributed by atoms with Gasteiger partial charge >= 0.3 is 12.4 Å². The molecule has 28 heteroatoms. The summed E-state index contributed by atoms with van der Waals surface area (Å²) in [5.74, 6) is 0.936. The van der Waals surface area contributed by atoms with Crippen LogP contribution in [0, 0.1) is 18.6 Å². The molecule has 2 aliphatic rings. The summed E-state index contributed by atoms with van der Waals surface area (Å²) in [5.41, 5.74) is -3.31. The van der Waals surface area contributed by atoms with Crippen LogP contribution in [0.3, 0.4) is 0 Å². The highest BCUT2D eigenvalue weighted by Crippen LogP contribution is 2.43. The summed E-state index contributed by atoms with van der Waals surface area (Å²) in [4.78, 5) is 24.4. The van der Waals surface area contributed by atoms with E-state index in [0.717, 1.165) is 45.4 Å². The molecule has 18 nitrogen and oxygen atoms in total. The predicted octanol–water partition coefficient (Wildman–Crippen LogP) is 12.5. The summed E-state index contributed by atoms with van der Waals surface area (Å²) in [6, 6.07) is 34.1. The number of hydrogen-bond donors (Lipinski definition) is 1. The van der Waals surface area contributed by atoms with Crippen molar-refractivity contribution in [3.05, 3.63) is 190 Å². The van der Waals surface area contributed by atoms with E-state index < -0.39 is 77.6 Å². The van der Waals surface area contributed by atoms with Gasteiger partial charge in [-0.25, -0.2) is 26.5 Å². The van der Waals surface area contributed by atoms with E-state index in [0.29, 0.717) is 29.1 Å². The van der Waals surface area contributed by atoms with Crippen molar-refractivity contribution in [2.45, 2.75) is 77.3 Å². The van der Waals surface area contributed by atoms with Crippen LogP contribution in [0.25, 0.3) is 9.69 Å². The van der Waals surface area contributed by atoms with E-state index in [1.807, 2.05) is 0 Å². The van der Waals surface area contributed by atoms with Crippen molar-refractivity contribution in [1.82, 2.24) is 18.4 Å². The second-order valence-corrected chi connectivity index (χ2v) is 26.4. The lowest BCUT2D eigenvalue weighted by molar-refractivity contribution is -0.137. The maximum atomic E-state index is 13.9. The number of carbonyl (C=O) groups is 1. The lowest BCUT2D eigenvalue weighted by atomic mass is 10.0. The number of sulfonamides is 2. The first-order valence-electron chi connectivity index (χ1n) is 27.3. The average Bonchev–Trinajstić information content (AvgIpc) is 1.60. The number of thiocarbonyl (C=S) groups is 2. The van der Waals surface area contributed by atoms with Crippen molar-refractivity contribution in [2.24, 2.45) is 0 Å². The van der Waals surface area contributed by atoms with Gasteiger partial charge in [-0.15, -0.1) is 0 Å².